The third-order valence-corrected chi connectivity index (χ3v) is 1.57. The molecule has 0 aromatic heterocycles. The highest BCUT2D eigenvalue weighted by atomic mass is 16.1. The van der Waals surface area contributed by atoms with Crippen LogP contribution in [0.4, 0.5) is 0 Å². The fourth-order valence-electron chi connectivity index (χ4n) is 0.938. The highest BCUT2D eigenvalue weighted by Crippen LogP contribution is 2.03. The van der Waals surface area contributed by atoms with Gasteiger partial charge in [0.15, 0.2) is 5.78 Å². The molecule has 0 bridgehead atoms. The van der Waals surface area contributed by atoms with Gasteiger partial charge in [-0.2, -0.15) is 0 Å². The van der Waals surface area contributed by atoms with Gasteiger partial charge in [-0.15, -0.1) is 0 Å². The lowest BCUT2D eigenvalue weighted by atomic mass is 10.1. The van der Waals surface area contributed by atoms with Gasteiger partial charge in [0.1, 0.15) is 0 Å². The number of aliphatic imine (C=N–C) groups is 1. The Balaban J connectivity index is 2.50. The van der Waals surface area contributed by atoms with Gasteiger partial charge < -0.3 is 5.73 Å². The van der Waals surface area contributed by atoms with E-state index in [0.29, 0.717) is 18.6 Å². The Labute approximate surface area is 70.2 Å². The molecule has 0 fully saturated rings. The molecule has 0 saturated heterocycles. The molecule has 1 rings (SSSR count). The van der Waals surface area contributed by atoms with Crippen molar-refractivity contribution in [2.45, 2.75) is 19.3 Å². The minimum atomic E-state index is -0.403. The quantitative estimate of drug-likeness (QED) is 0.649. The van der Waals surface area contributed by atoms with Crippen molar-refractivity contribution >= 4 is 17.4 Å². The van der Waals surface area contributed by atoms with E-state index in [-0.39, 0.29) is 12.2 Å². The number of amides is 1. The second-order valence-corrected chi connectivity index (χ2v) is 2.55. The fraction of sp³-hybridized carbons (Fsp3) is 0.375. The van der Waals surface area contributed by atoms with Crippen molar-refractivity contribution in [2.75, 3.05) is 0 Å². The lowest BCUT2D eigenvalue weighted by Gasteiger charge is -2.04. The van der Waals surface area contributed by atoms with Crippen LogP contribution in [0.5, 0.6) is 0 Å². The monoisotopic (exact) mass is 166 g/mol. The van der Waals surface area contributed by atoms with Gasteiger partial charge in [0, 0.05) is 25.5 Å². The Hall–Kier alpha value is -1.45. The van der Waals surface area contributed by atoms with E-state index in [1.807, 2.05) is 0 Å². The molecule has 0 saturated carbocycles. The average molecular weight is 166 g/mol. The second-order valence-electron chi connectivity index (χ2n) is 2.55. The molecule has 0 spiro atoms. The van der Waals surface area contributed by atoms with Gasteiger partial charge in [0.2, 0.25) is 5.91 Å². The van der Waals surface area contributed by atoms with E-state index in [4.69, 9.17) is 5.73 Å². The molecule has 1 aliphatic heterocycles. The standard InChI is InChI=1S/C8H10N2O2/c9-8(12)4-3-6-7(11)2-1-5-10-6/h1,5H,2-4H2,(H2,9,12). The molecule has 0 unspecified atom stereocenters. The van der Waals surface area contributed by atoms with Crippen LogP contribution in [0.1, 0.15) is 19.3 Å². The van der Waals surface area contributed by atoms with Crippen LogP contribution in [-0.2, 0) is 9.59 Å². The Morgan fingerprint density at radius 2 is 2.42 bits per heavy atom. The summed E-state index contributed by atoms with van der Waals surface area (Å²) in [5, 5.41) is 0. The molecule has 4 heteroatoms. The summed E-state index contributed by atoms with van der Waals surface area (Å²) >= 11 is 0. The van der Waals surface area contributed by atoms with Crippen molar-refractivity contribution in [1.82, 2.24) is 0 Å². The van der Waals surface area contributed by atoms with E-state index in [2.05, 4.69) is 4.99 Å². The average Bonchev–Trinajstić information content (AvgIpc) is 2.03. The molecule has 0 aromatic rings. The molecule has 1 aliphatic rings. The molecule has 12 heavy (non-hydrogen) atoms. The summed E-state index contributed by atoms with van der Waals surface area (Å²) in [4.78, 5) is 25.3. The minimum Gasteiger partial charge on any atom is -0.370 e. The molecule has 2 N–H and O–H groups in total. The van der Waals surface area contributed by atoms with Crippen molar-refractivity contribution in [3.8, 4) is 0 Å². The Kier molecular flexibility index (Phi) is 2.74. The van der Waals surface area contributed by atoms with Crippen molar-refractivity contribution in [3.05, 3.63) is 12.3 Å². The fourth-order valence-corrected chi connectivity index (χ4v) is 0.938. The molecule has 0 atom stereocenters. The largest absolute Gasteiger partial charge is 0.370 e. The summed E-state index contributed by atoms with van der Waals surface area (Å²) in [7, 11) is 0. The van der Waals surface area contributed by atoms with Crippen LogP contribution < -0.4 is 5.73 Å². The summed E-state index contributed by atoms with van der Waals surface area (Å²) < 4.78 is 0. The predicted molar refractivity (Wildman–Crippen MR) is 44.6 cm³/mol. The number of nitrogens with two attached hydrogens (primary N) is 1. The number of rotatable bonds is 3. The number of nitrogens with zero attached hydrogens (tertiary/aromatic N) is 1. The zero-order chi connectivity index (χ0) is 8.97. The van der Waals surface area contributed by atoms with Gasteiger partial charge in [0.25, 0.3) is 0 Å². The maximum absolute atomic E-state index is 11.1. The first-order valence-electron chi connectivity index (χ1n) is 3.73. The number of primary amides is 1. The molecule has 4 nitrogen and oxygen atoms in total. The molecule has 0 radical (unpaired) electrons. The Morgan fingerprint density at radius 3 is 3.00 bits per heavy atom. The summed E-state index contributed by atoms with van der Waals surface area (Å²) in [6.45, 7) is 0. The number of carbonyl (C=O) groups excluding carboxylic acids is 2. The summed E-state index contributed by atoms with van der Waals surface area (Å²) in [5.74, 6) is -0.418. The van der Waals surface area contributed by atoms with Crippen LogP contribution in [0.2, 0.25) is 0 Å². The number of ketones is 1. The van der Waals surface area contributed by atoms with E-state index in [0.717, 1.165) is 0 Å². The van der Waals surface area contributed by atoms with Crippen LogP contribution in [-0.4, -0.2) is 17.4 Å². The van der Waals surface area contributed by atoms with E-state index in [9.17, 15) is 9.59 Å². The van der Waals surface area contributed by atoms with E-state index in [1.165, 1.54) is 0 Å². The number of hydrogen-bond acceptors (Lipinski definition) is 3. The topological polar surface area (TPSA) is 72.5 Å². The van der Waals surface area contributed by atoms with Crippen LogP contribution in [0.25, 0.3) is 0 Å². The van der Waals surface area contributed by atoms with E-state index >= 15 is 0 Å². The molecule has 64 valence electrons. The Bertz CT molecular complexity index is 266. The summed E-state index contributed by atoms with van der Waals surface area (Å²) in [5.41, 5.74) is 5.39. The van der Waals surface area contributed by atoms with Crippen LogP contribution >= 0.6 is 0 Å². The zero-order valence-corrected chi connectivity index (χ0v) is 6.62. The van der Waals surface area contributed by atoms with Gasteiger partial charge in [-0.3, -0.25) is 14.6 Å². The number of allylic oxidation sites excluding steroid dienone is 1. The third-order valence-electron chi connectivity index (χ3n) is 1.57. The highest BCUT2D eigenvalue weighted by Gasteiger charge is 2.12. The maximum atomic E-state index is 11.1. The number of hydrogen-bond donors (Lipinski definition) is 1. The molecule has 1 amide bonds. The van der Waals surface area contributed by atoms with Crippen LogP contribution in [0.3, 0.4) is 0 Å². The normalized spacial score (nSPS) is 16.0. The van der Waals surface area contributed by atoms with Gasteiger partial charge in [-0.25, -0.2) is 0 Å². The van der Waals surface area contributed by atoms with Crippen molar-refractivity contribution in [3.63, 3.8) is 0 Å². The minimum absolute atomic E-state index is 0.0150. The van der Waals surface area contributed by atoms with Crippen molar-refractivity contribution in [1.29, 1.82) is 0 Å². The first-order valence-corrected chi connectivity index (χ1v) is 3.73. The zero-order valence-electron chi connectivity index (χ0n) is 6.62. The van der Waals surface area contributed by atoms with Gasteiger partial charge in [-0.1, -0.05) is 6.08 Å². The van der Waals surface area contributed by atoms with E-state index in [1.54, 1.807) is 12.3 Å². The summed E-state index contributed by atoms with van der Waals surface area (Å²) in [6, 6.07) is 0. The van der Waals surface area contributed by atoms with Gasteiger partial charge in [0.05, 0.1) is 5.71 Å². The first-order chi connectivity index (χ1) is 5.70. The SMILES string of the molecule is NC(=O)CCC1=NC=CCC1=O. The van der Waals surface area contributed by atoms with Crippen LogP contribution in [0.15, 0.2) is 17.3 Å². The number of Topliss-reactive ketones (excluding diaryl/α,β-unsaturated/α-hetero) is 1. The maximum Gasteiger partial charge on any atom is 0.217 e. The second kappa shape index (κ2) is 3.80. The van der Waals surface area contributed by atoms with Crippen molar-refractivity contribution < 1.29 is 9.59 Å². The molecule has 0 aliphatic carbocycles. The first kappa shape index (κ1) is 8.64. The van der Waals surface area contributed by atoms with Crippen LogP contribution in [0, 0.1) is 0 Å². The number of carbonyl (C=O) groups is 2. The smallest absolute Gasteiger partial charge is 0.217 e. The molecule has 1 heterocycles. The third kappa shape index (κ3) is 2.30. The van der Waals surface area contributed by atoms with Crippen molar-refractivity contribution in [2.24, 2.45) is 10.7 Å². The lowest BCUT2D eigenvalue weighted by molar-refractivity contribution is -0.117. The summed E-state index contributed by atoms with van der Waals surface area (Å²) in [6.07, 6.45) is 4.21. The van der Waals surface area contributed by atoms with Gasteiger partial charge >= 0.3 is 0 Å². The molecule has 0 aromatic carbocycles. The lowest BCUT2D eigenvalue weighted by Crippen LogP contribution is -2.19. The Morgan fingerprint density at radius 1 is 1.67 bits per heavy atom. The predicted octanol–water partition coefficient (Wildman–Crippen LogP) is 0.179. The van der Waals surface area contributed by atoms with E-state index < -0.39 is 5.91 Å². The molecular weight excluding hydrogens is 156 g/mol. The molecular formula is C8H10N2O2. The highest BCUT2D eigenvalue weighted by molar-refractivity contribution is 6.40. The van der Waals surface area contributed by atoms with Gasteiger partial charge in [-0.05, 0) is 0 Å².